The highest BCUT2D eigenvalue weighted by Crippen LogP contribution is 2.41. The second-order valence-corrected chi connectivity index (χ2v) is 6.75. The van der Waals surface area contributed by atoms with Crippen molar-refractivity contribution < 1.29 is 13.2 Å². The van der Waals surface area contributed by atoms with Crippen molar-refractivity contribution in [2.45, 2.75) is 42.9 Å². The molecule has 0 bridgehead atoms. The first-order chi connectivity index (χ1) is 10.4. The Kier molecular flexibility index (Phi) is 4.12. The van der Waals surface area contributed by atoms with Crippen LogP contribution in [0.3, 0.4) is 0 Å². The number of aromatic nitrogens is 4. The van der Waals surface area contributed by atoms with E-state index in [9.17, 15) is 13.2 Å². The van der Waals surface area contributed by atoms with E-state index in [1.807, 2.05) is 6.92 Å². The Hall–Kier alpha value is -1.57. The minimum absolute atomic E-state index is 0.227. The van der Waals surface area contributed by atoms with E-state index in [-0.39, 0.29) is 11.1 Å². The fourth-order valence-electron chi connectivity index (χ4n) is 2.24. The van der Waals surface area contributed by atoms with Gasteiger partial charge in [0.05, 0.1) is 0 Å². The zero-order valence-corrected chi connectivity index (χ0v) is 12.7. The third-order valence-electron chi connectivity index (χ3n) is 3.57. The second kappa shape index (κ2) is 5.91. The molecule has 0 aromatic carbocycles. The lowest BCUT2D eigenvalue weighted by molar-refractivity contribution is -0.141. The van der Waals surface area contributed by atoms with Gasteiger partial charge in [-0.25, -0.2) is 0 Å². The maximum atomic E-state index is 12.9. The van der Waals surface area contributed by atoms with Crippen LogP contribution in [0.1, 0.15) is 19.8 Å². The molecule has 0 N–H and O–H groups in total. The maximum absolute atomic E-state index is 12.9. The molecule has 0 amide bonds. The van der Waals surface area contributed by atoms with Gasteiger partial charge in [0, 0.05) is 23.2 Å². The molecule has 118 valence electrons. The lowest BCUT2D eigenvalue weighted by Gasteiger charge is -2.14. The Labute approximate surface area is 130 Å². The molecular formula is C14H15F3N4S. The first-order valence-corrected chi connectivity index (χ1v) is 7.89. The zero-order valence-electron chi connectivity index (χ0n) is 11.9. The van der Waals surface area contributed by atoms with E-state index in [0.29, 0.717) is 16.6 Å². The molecule has 3 rings (SSSR count). The molecule has 2 aromatic heterocycles. The first kappa shape index (κ1) is 15.3. The van der Waals surface area contributed by atoms with Crippen LogP contribution in [0.15, 0.2) is 29.7 Å². The number of pyridine rings is 1. The zero-order chi connectivity index (χ0) is 15.7. The van der Waals surface area contributed by atoms with Crippen LogP contribution < -0.4 is 0 Å². The number of thioether (sulfide) groups is 1. The topological polar surface area (TPSA) is 43.6 Å². The number of hydrogen-bond donors (Lipinski definition) is 0. The van der Waals surface area contributed by atoms with Gasteiger partial charge in [0.15, 0.2) is 11.0 Å². The summed E-state index contributed by atoms with van der Waals surface area (Å²) in [5.41, 5.74) is 0.581. The smallest absolute Gasteiger partial charge is 0.293 e. The Morgan fingerprint density at radius 3 is 2.55 bits per heavy atom. The molecule has 2 heterocycles. The van der Waals surface area contributed by atoms with Gasteiger partial charge in [-0.3, -0.25) is 9.55 Å². The average Bonchev–Trinajstić information content (AvgIpc) is 3.24. The van der Waals surface area contributed by atoms with Crippen LogP contribution in [0.4, 0.5) is 13.2 Å². The number of hydrogen-bond acceptors (Lipinski definition) is 4. The van der Waals surface area contributed by atoms with Crippen molar-refractivity contribution in [1.82, 2.24) is 19.7 Å². The molecule has 0 spiro atoms. The molecule has 1 aliphatic carbocycles. The lowest BCUT2D eigenvalue weighted by Crippen LogP contribution is -2.19. The van der Waals surface area contributed by atoms with Gasteiger partial charge in [-0.15, -0.1) is 10.2 Å². The molecule has 0 saturated heterocycles. The Morgan fingerprint density at radius 1 is 1.27 bits per heavy atom. The van der Waals surface area contributed by atoms with Crippen LogP contribution in [0.2, 0.25) is 0 Å². The molecule has 8 heteroatoms. The highest BCUT2D eigenvalue weighted by molar-refractivity contribution is 7.99. The number of rotatable bonds is 5. The third-order valence-corrected chi connectivity index (χ3v) is 4.84. The van der Waals surface area contributed by atoms with E-state index < -0.39 is 12.7 Å². The molecule has 1 fully saturated rings. The van der Waals surface area contributed by atoms with Gasteiger partial charge >= 0.3 is 6.18 Å². The van der Waals surface area contributed by atoms with Crippen molar-refractivity contribution in [3.63, 3.8) is 0 Å². The molecule has 1 saturated carbocycles. The normalized spacial score (nSPS) is 16.7. The molecule has 22 heavy (non-hydrogen) atoms. The Bertz CT molecular complexity index is 637. The molecule has 2 aromatic rings. The van der Waals surface area contributed by atoms with Crippen LogP contribution in [0, 0.1) is 5.92 Å². The van der Waals surface area contributed by atoms with Crippen LogP contribution >= 0.6 is 11.8 Å². The summed E-state index contributed by atoms with van der Waals surface area (Å²) < 4.78 is 39.9. The number of halogens is 3. The molecule has 1 unspecified atom stereocenters. The van der Waals surface area contributed by atoms with E-state index in [4.69, 9.17) is 0 Å². The summed E-state index contributed by atoms with van der Waals surface area (Å²) in [4.78, 5) is 3.88. The molecule has 0 aliphatic heterocycles. The fourth-order valence-corrected chi connectivity index (χ4v) is 3.40. The van der Waals surface area contributed by atoms with E-state index in [1.54, 1.807) is 12.1 Å². The second-order valence-electron chi connectivity index (χ2n) is 5.40. The summed E-state index contributed by atoms with van der Waals surface area (Å²) in [5.74, 6) is 0.802. The monoisotopic (exact) mass is 328 g/mol. The predicted molar refractivity (Wildman–Crippen MR) is 77.4 cm³/mol. The third kappa shape index (κ3) is 3.60. The van der Waals surface area contributed by atoms with Crippen LogP contribution in [-0.2, 0) is 6.54 Å². The van der Waals surface area contributed by atoms with Crippen molar-refractivity contribution in [2.24, 2.45) is 5.92 Å². The SMILES string of the molecule is CC(Sc1nnc(-c2ccncc2)n1CC(F)(F)F)C1CC1. The van der Waals surface area contributed by atoms with E-state index in [0.717, 1.165) is 17.4 Å². The van der Waals surface area contributed by atoms with Crippen molar-refractivity contribution in [2.75, 3.05) is 0 Å². The van der Waals surface area contributed by atoms with Crippen molar-refractivity contribution in [3.8, 4) is 11.4 Å². The van der Waals surface area contributed by atoms with Crippen LogP contribution in [-0.4, -0.2) is 31.2 Å². The molecule has 4 nitrogen and oxygen atoms in total. The highest BCUT2D eigenvalue weighted by Gasteiger charge is 2.34. The fraction of sp³-hybridized carbons (Fsp3) is 0.500. The minimum Gasteiger partial charge on any atom is -0.293 e. The quantitative estimate of drug-likeness (QED) is 0.783. The average molecular weight is 328 g/mol. The van der Waals surface area contributed by atoms with Gasteiger partial charge in [-0.05, 0) is 30.9 Å². The molecule has 0 radical (unpaired) electrons. The van der Waals surface area contributed by atoms with Crippen LogP contribution in [0.5, 0.6) is 0 Å². The minimum atomic E-state index is -4.32. The Balaban J connectivity index is 1.93. The highest BCUT2D eigenvalue weighted by atomic mass is 32.2. The van der Waals surface area contributed by atoms with E-state index in [1.165, 1.54) is 24.2 Å². The maximum Gasteiger partial charge on any atom is 0.406 e. The molecular weight excluding hydrogens is 313 g/mol. The summed E-state index contributed by atoms with van der Waals surface area (Å²) in [6.45, 7) is 0.943. The summed E-state index contributed by atoms with van der Waals surface area (Å²) in [6, 6.07) is 3.27. The van der Waals surface area contributed by atoms with Gasteiger partial charge in [0.1, 0.15) is 6.54 Å². The first-order valence-electron chi connectivity index (χ1n) is 7.01. The van der Waals surface area contributed by atoms with Gasteiger partial charge in [0.25, 0.3) is 0 Å². The van der Waals surface area contributed by atoms with Crippen LogP contribution in [0.25, 0.3) is 11.4 Å². The molecule has 1 atom stereocenters. The summed E-state index contributed by atoms with van der Waals surface area (Å²) in [7, 11) is 0. The summed E-state index contributed by atoms with van der Waals surface area (Å²) in [6.07, 6.45) is 1.02. The van der Waals surface area contributed by atoms with Gasteiger partial charge in [-0.2, -0.15) is 13.2 Å². The van der Waals surface area contributed by atoms with E-state index >= 15 is 0 Å². The lowest BCUT2D eigenvalue weighted by atomic mass is 10.2. The molecule has 1 aliphatic rings. The summed E-state index contributed by atoms with van der Waals surface area (Å²) in [5, 5.41) is 8.52. The van der Waals surface area contributed by atoms with Gasteiger partial charge in [-0.1, -0.05) is 18.7 Å². The predicted octanol–water partition coefficient (Wildman–Crippen LogP) is 3.79. The Morgan fingerprint density at radius 2 is 1.95 bits per heavy atom. The van der Waals surface area contributed by atoms with Crippen molar-refractivity contribution in [1.29, 1.82) is 0 Å². The van der Waals surface area contributed by atoms with E-state index in [2.05, 4.69) is 15.2 Å². The van der Waals surface area contributed by atoms with Crippen molar-refractivity contribution >= 4 is 11.8 Å². The standard InChI is InChI=1S/C14H15F3N4S/c1-9(10-2-3-10)22-13-20-19-12(11-4-6-18-7-5-11)21(13)8-14(15,16)17/h4-7,9-10H,2-3,8H2,1H3. The summed E-state index contributed by atoms with van der Waals surface area (Å²) >= 11 is 1.37. The van der Waals surface area contributed by atoms with Gasteiger partial charge < -0.3 is 0 Å². The van der Waals surface area contributed by atoms with Gasteiger partial charge in [0.2, 0.25) is 0 Å². The number of alkyl halides is 3. The largest absolute Gasteiger partial charge is 0.406 e. The number of nitrogens with zero attached hydrogens (tertiary/aromatic N) is 4. The van der Waals surface area contributed by atoms with Crippen molar-refractivity contribution in [3.05, 3.63) is 24.5 Å².